The molecule has 16 heavy (non-hydrogen) atoms. The normalized spacial score (nSPS) is 10.8. The van der Waals surface area contributed by atoms with Crippen LogP contribution in [0.25, 0.3) is 21.7 Å². The van der Waals surface area contributed by atoms with Crippen LogP contribution >= 0.6 is 0 Å². The van der Waals surface area contributed by atoms with E-state index in [0.717, 1.165) is 16.3 Å². The first-order valence-electron chi connectivity index (χ1n) is 5.14. The van der Waals surface area contributed by atoms with Crippen molar-refractivity contribution in [3.63, 3.8) is 0 Å². The third kappa shape index (κ3) is 1.20. The van der Waals surface area contributed by atoms with Crippen LogP contribution in [0.15, 0.2) is 53.5 Å². The van der Waals surface area contributed by atoms with Gasteiger partial charge in [-0.15, -0.1) is 0 Å². The molecule has 0 N–H and O–H groups in total. The van der Waals surface area contributed by atoms with Gasteiger partial charge in [0.25, 0.3) is 0 Å². The lowest BCUT2D eigenvalue weighted by Gasteiger charge is -2.05. The van der Waals surface area contributed by atoms with Crippen molar-refractivity contribution in [3.05, 3.63) is 48.5 Å². The van der Waals surface area contributed by atoms with Crippen LogP contribution in [0.5, 0.6) is 0 Å². The Labute approximate surface area is 93.3 Å². The second-order valence-corrected chi connectivity index (χ2v) is 3.66. The van der Waals surface area contributed by atoms with Crippen LogP contribution in [0.2, 0.25) is 0 Å². The molecule has 2 heteroatoms. The molecular formula is C14H10N2. The van der Waals surface area contributed by atoms with Crippen molar-refractivity contribution in [2.24, 2.45) is 4.99 Å². The van der Waals surface area contributed by atoms with Gasteiger partial charge in [-0.05, 0) is 18.2 Å². The molecule has 0 saturated heterocycles. The number of hydrogen-bond donors (Lipinski definition) is 0. The zero-order chi connectivity index (χ0) is 11.0. The zero-order valence-electron chi connectivity index (χ0n) is 8.72. The van der Waals surface area contributed by atoms with Gasteiger partial charge in [-0.25, -0.2) is 9.98 Å². The predicted octanol–water partition coefficient (Wildman–Crippen LogP) is 3.72. The number of nitrogens with zero attached hydrogens (tertiary/aromatic N) is 2. The van der Waals surface area contributed by atoms with Crippen LogP contribution in [0.1, 0.15) is 0 Å². The summed E-state index contributed by atoms with van der Waals surface area (Å²) >= 11 is 0. The standard InChI is InChI=1S/C14H10N2/c1-15-14-12-8-3-2-6-10(12)11-7-4-5-9-13(11)16-14/h2-9H,1H2. The van der Waals surface area contributed by atoms with Gasteiger partial charge in [0, 0.05) is 10.8 Å². The molecule has 2 nitrogen and oxygen atoms in total. The van der Waals surface area contributed by atoms with Gasteiger partial charge in [0.15, 0.2) is 5.82 Å². The van der Waals surface area contributed by atoms with Gasteiger partial charge in [-0.1, -0.05) is 42.5 Å². The number of fused-ring (bicyclic) bond motifs is 3. The Hall–Kier alpha value is -2.22. The van der Waals surface area contributed by atoms with E-state index in [1.807, 2.05) is 36.4 Å². The van der Waals surface area contributed by atoms with Crippen LogP contribution in [0.4, 0.5) is 5.82 Å². The lowest BCUT2D eigenvalue weighted by Crippen LogP contribution is -1.83. The molecule has 0 aliphatic carbocycles. The number of pyridine rings is 1. The Kier molecular flexibility index (Phi) is 1.93. The fraction of sp³-hybridized carbons (Fsp3) is 0. The highest BCUT2D eigenvalue weighted by Crippen LogP contribution is 2.29. The summed E-state index contributed by atoms with van der Waals surface area (Å²) < 4.78 is 0. The number of rotatable bonds is 1. The van der Waals surface area contributed by atoms with Gasteiger partial charge in [-0.3, -0.25) is 0 Å². The minimum Gasteiger partial charge on any atom is -0.245 e. The number of hydrogen-bond acceptors (Lipinski definition) is 2. The average Bonchev–Trinajstić information content (AvgIpc) is 2.38. The van der Waals surface area contributed by atoms with E-state index in [9.17, 15) is 0 Å². The summed E-state index contributed by atoms with van der Waals surface area (Å²) in [4.78, 5) is 8.48. The quantitative estimate of drug-likeness (QED) is 0.440. The number of aromatic nitrogens is 1. The van der Waals surface area contributed by atoms with E-state index in [2.05, 4.69) is 28.8 Å². The summed E-state index contributed by atoms with van der Waals surface area (Å²) in [6.45, 7) is 3.58. The van der Waals surface area contributed by atoms with Gasteiger partial charge in [-0.2, -0.15) is 0 Å². The van der Waals surface area contributed by atoms with Gasteiger partial charge in [0.1, 0.15) is 0 Å². The molecule has 2 aromatic carbocycles. The van der Waals surface area contributed by atoms with Crippen LogP contribution in [0.3, 0.4) is 0 Å². The van der Waals surface area contributed by atoms with Crippen molar-refractivity contribution < 1.29 is 0 Å². The molecule has 0 aliphatic rings. The summed E-state index contributed by atoms with van der Waals surface area (Å²) in [7, 11) is 0. The van der Waals surface area contributed by atoms with E-state index in [1.54, 1.807) is 0 Å². The highest BCUT2D eigenvalue weighted by atomic mass is 14.9. The van der Waals surface area contributed by atoms with Crippen molar-refractivity contribution in [1.82, 2.24) is 4.98 Å². The molecule has 0 atom stereocenters. The van der Waals surface area contributed by atoms with Crippen LogP contribution in [-0.4, -0.2) is 11.7 Å². The summed E-state index contributed by atoms with van der Waals surface area (Å²) in [5.41, 5.74) is 0.962. The third-order valence-electron chi connectivity index (χ3n) is 2.74. The van der Waals surface area contributed by atoms with E-state index >= 15 is 0 Å². The Morgan fingerprint density at radius 1 is 0.812 bits per heavy atom. The molecule has 0 fully saturated rings. The largest absolute Gasteiger partial charge is 0.245 e. The summed E-state index contributed by atoms with van der Waals surface area (Å²) in [6.07, 6.45) is 0. The Morgan fingerprint density at radius 2 is 1.44 bits per heavy atom. The predicted molar refractivity (Wildman–Crippen MR) is 68.5 cm³/mol. The monoisotopic (exact) mass is 206 g/mol. The van der Waals surface area contributed by atoms with E-state index < -0.39 is 0 Å². The van der Waals surface area contributed by atoms with Crippen molar-refractivity contribution in [3.8, 4) is 0 Å². The number of benzene rings is 2. The highest BCUT2D eigenvalue weighted by molar-refractivity contribution is 6.09. The number of para-hydroxylation sites is 1. The Bertz CT molecular complexity index is 686. The maximum Gasteiger partial charge on any atom is 0.159 e. The molecule has 3 rings (SSSR count). The molecule has 0 amide bonds. The lowest BCUT2D eigenvalue weighted by atomic mass is 10.1. The van der Waals surface area contributed by atoms with E-state index in [4.69, 9.17) is 0 Å². The van der Waals surface area contributed by atoms with Gasteiger partial charge < -0.3 is 0 Å². The molecule has 0 aliphatic heterocycles. The van der Waals surface area contributed by atoms with Gasteiger partial charge >= 0.3 is 0 Å². The van der Waals surface area contributed by atoms with E-state index in [1.165, 1.54) is 5.39 Å². The van der Waals surface area contributed by atoms with Crippen molar-refractivity contribution in [2.45, 2.75) is 0 Å². The first-order valence-corrected chi connectivity index (χ1v) is 5.14. The SMILES string of the molecule is C=Nc1nc2ccccc2c2ccccc12. The first kappa shape index (κ1) is 9.04. The molecule has 1 aromatic heterocycles. The highest BCUT2D eigenvalue weighted by Gasteiger charge is 2.05. The molecular weight excluding hydrogens is 196 g/mol. The summed E-state index contributed by atoms with van der Waals surface area (Å²) in [5.74, 6) is 0.703. The zero-order valence-corrected chi connectivity index (χ0v) is 8.72. The second-order valence-electron chi connectivity index (χ2n) is 3.66. The van der Waals surface area contributed by atoms with Crippen molar-refractivity contribution in [2.75, 3.05) is 0 Å². The first-order chi connectivity index (χ1) is 7.90. The Morgan fingerprint density at radius 3 is 2.19 bits per heavy atom. The van der Waals surface area contributed by atoms with Crippen LogP contribution in [-0.2, 0) is 0 Å². The molecule has 0 saturated carbocycles. The molecule has 76 valence electrons. The van der Waals surface area contributed by atoms with Crippen molar-refractivity contribution in [1.29, 1.82) is 0 Å². The topological polar surface area (TPSA) is 25.2 Å². The van der Waals surface area contributed by atoms with Gasteiger partial charge in [0.2, 0.25) is 0 Å². The maximum atomic E-state index is 4.49. The Balaban J connectivity index is 2.62. The van der Waals surface area contributed by atoms with E-state index in [-0.39, 0.29) is 0 Å². The summed E-state index contributed by atoms with van der Waals surface area (Å²) in [6, 6.07) is 16.2. The minimum atomic E-state index is 0.703. The summed E-state index contributed by atoms with van der Waals surface area (Å²) in [5, 5.41) is 3.39. The van der Waals surface area contributed by atoms with Crippen molar-refractivity contribution >= 4 is 34.2 Å². The van der Waals surface area contributed by atoms with Crippen LogP contribution < -0.4 is 0 Å². The van der Waals surface area contributed by atoms with Gasteiger partial charge in [0.05, 0.1) is 5.52 Å². The third-order valence-corrected chi connectivity index (χ3v) is 2.74. The average molecular weight is 206 g/mol. The molecule has 0 spiro atoms. The molecule has 3 aromatic rings. The maximum absolute atomic E-state index is 4.49. The fourth-order valence-electron chi connectivity index (χ4n) is 2.01. The minimum absolute atomic E-state index is 0.703. The van der Waals surface area contributed by atoms with E-state index in [0.29, 0.717) is 5.82 Å². The number of aliphatic imine (C=N–C) groups is 1. The fourth-order valence-corrected chi connectivity index (χ4v) is 2.01. The molecule has 0 radical (unpaired) electrons. The van der Waals surface area contributed by atoms with Crippen LogP contribution in [0, 0.1) is 0 Å². The smallest absolute Gasteiger partial charge is 0.159 e. The lowest BCUT2D eigenvalue weighted by molar-refractivity contribution is 1.37. The molecule has 1 heterocycles. The second kappa shape index (κ2) is 3.42. The molecule has 0 bridgehead atoms. The molecule has 0 unspecified atom stereocenters.